The fraction of sp³-hybridized carbons (Fsp3) is 0.176. The first-order valence-electron chi connectivity index (χ1n) is 7.49. The van der Waals surface area contributed by atoms with Gasteiger partial charge in [-0.05, 0) is 30.3 Å². The van der Waals surface area contributed by atoms with E-state index in [-0.39, 0.29) is 0 Å². The molecule has 1 aliphatic heterocycles. The molecule has 0 spiro atoms. The third kappa shape index (κ3) is 2.58. The van der Waals surface area contributed by atoms with Crippen LogP contribution in [0.3, 0.4) is 0 Å². The lowest BCUT2D eigenvalue weighted by Crippen LogP contribution is -2.59. The maximum atomic E-state index is 12.8. The van der Waals surface area contributed by atoms with Gasteiger partial charge >= 0.3 is 6.03 Å². The Bertz CT molecular complexity index is 896. The van der Waals surface area contributed by atoms with Gasteiger partial charge in [0.05, 0.1) is 30.5 Å². The first-order chi connectivity index (χ1) is 11.5. The maximum Gasteiger partial charge on any atom is 0.322 e. The number of halogens is 2. The molecule has 1 aliphatic rings. The number of likely N-dealkylation sites (tertiary alicyclic amines) is 1. The topological polar surface area (TPSA) is 50.2 Å². The lowest BCUT2D eigenvalue weighted by molar-refractivity contribution is -0.107. The molecule has 0 aliphatic carbocycles. The van der Waals surface area contributed by atoms with Gasteiger partial charge in [0.2, 0.25) is 0 Å². The molecule has 0 atom stereocenters. The first-order valence-corrected chi connectivity index (χ1v) is 7.49. The second kappa shape index (κ2) is 5.30. The number of nitrogens with one attached hydrogen (secondary N) is 1. The molecule has 0 bridgehead atoms. The van der Waals surface area contributed by atoms with Gasteiger partial charge < -0.3 is 10.2 Å². The summed E-state index contributed by atoms with van der Waals surface area (Å²) in [6.45, 7) is -1.06. The summed E-state index contributed by atoms with van der Waals surface area (Å²) in [6.07, 6.45) is 1.79. The minimum Gasteiger partial charge on any atom is -0.312 e. The molecule has 7 heteroatoms. The molecule has 0 saturated carbocycles. The number of alkyl halides is 2. The van der Waals surface area contributed by atoms with Crippen LogP contribution < -0.4 is 5.32 Å². The average Bonchev–Trinajstić information content (AvgIpc) is 2.97. The summed E-state index contributed by atoms with van der Waals surface area (Å²) < 4.78 is 27.4. The predicted octanol–water partition coefficient (Wildman–Crippen LogP) is 3.51. The molecule has 1 fully saturated rings. The normalized spacial score (nSPS) is 16.0. The van der Waals surface area contributed by atoms with E-state index in [4.69, 9.17) is 0 Å². The highest BCUT2D eigenvalue weighted by molar-refractivity contribution is 5.90. The quantitative estimate of drug-likeness (QED) is 0.783. The fourth-order valence-electron chi connectivity index (χ4n) is 2.72. The molecular formula is C17H14F2N4O. The van der Waals surface area contributed by atoms with Gasteiger partial charge in [0, 0.05) is 11.1 Å². The Labute approximate surface area is 136 Å². The number of carbonyl (C=O) groups is 1. The van der Waals surface area contributed by atoms with Gasteiger partial charge in [-0.25, -0.2) is 18.3 Å². The molecule has 2 aromatic carbocycles. The third-order valence-corrected chi connectivity index (χ3v) is 3.97. The van der Waals surface area contributed by atoms with Gasteiger partial charge in [0.15, 0.2) is 0 Å². The van der Waals surface area contributed by atoms with E-state index in [1.54, 1.807) is 23.0 Å². The van der Waals surface area contributed by atoms with Crippen molar-refractivity contribution in [3.05, 3.63) is 54.7 Å². The van der Waals surface area contributed by atoms with Crippen molar-refractivity contribution in [1.82, 2.24) is 14.7 Å². The zero-order valence-corrected chi connectivity index (χ0v) is 12.6. The smallest absolute Gasteiger partial charge is 0.312 e. The van der Waals surface area contributed by atoms with E-state index < -0.39 is 25.0 Å². The number of nitrogens with zero attached hydrogens (tertiary/aromatic N) is 3. The zero-order valence-electron chi connectivity index (χ0n) is 12.6. The second-order valence-electron chi connectivity index (χ2n) is 5.80. The van der Waals surface area contributed by atoms with Crippen LogP contribution in [0, 0.1) is 0 Å². The van der Waals surface area contributed by atoms with Crippen LogP contribution in [0.25, 0.3) is 16.6 Å². The molecular weight excluding hydrogens is 314 g/mol. The predicted molar refractivity (Wildman–Crippen MR) is 86.6 cm³/mol. The highest BCUT2D eigenvalue weighted by atomic mass is 19.3. The lowest BCUT2D eigenvalue weighted by Gasteiger charge is -2.38. The summed E-state index contributed by atoms with van der Waals surface area (Å²) in [7, 11) is 0. The van der Waals surface area contributed by atoms with Crippen LogP contribution in [0.1, 0.15) is 0 Å². The highest BCUT2D eigenvalue weighted by Gasteiger charge is 2.46. The number of anilines is 1. The van der Waals surface area contributed by atoms with Gasteiger partial charge in [0.25, 0.3) is 5.92 Å². The third-order valence-electron chi connectivity index (χ3n) is 3.97. The van der Waals surface area contributed by atoms with Crippen LogP contribution in [-0.4, -0.2) is 39.7 Å². The highest BCUT2D eigenvalue weighted by Crippen LogP contribution is 2.27. The largest absolute Gasteiger partial charge is 0.322 e. The Morgan fingerprint density at radius 2 is 1.79 bits per heavy atom. The van der Waals surface area contributed by atoms with Crippen molar-refractivity contribution in [3.63, 3.8) is 0 Å². The van der Waals surface area contributed by atoms with Crippen LogP contribution in [0.2, 0.25) is 0 Å². The van der Waals surface area contributed by atoms with E-state index in [1.807, 2.05) is 36.4 Å². The Morgan fingerprint density at radius 3 is 2.50 bits per heavy atom. The summed E-state index contributed by atoms with van der Waals surface area (Å²) >= 11 is 0. The first kappa shape index (κ1) is 14.6. The summed E-state index contributed by atoms with van der Waals surface area (Å²) in [4.78, 5) is 12.9. The minimum absolute atomic E-state index is 0.516. The van der Waals surface area contributed by atoms with E-state index in [1.165, 1.54) is 0 Å². The lowest BCUT2D eigenvalue weighted by atomic mass is 10.2. The van der Waals surface area contributed by atoms with Crippen molar-refractivity contribution in [2.75, 3.05) is 18.4 Å². The van der Waals surface area contributed by atoms with Gasteiger partial charge in [-0.1, -0.05) is 18.2 Å². The van der Waals surface area contributed by atoms with Crippen molar-refractivity contribution in [2.45, 2.75) is 5.92 Å². The number of urea groups is 1. The van der Waals surface area contributed by atoms with E-state index in [9.17, 15) is 13.6 Å². The monoisotopic (exact) mass is 328 g/mol. The molecule has 2 amide bonds. The number of aromatic nitrogens is 2. The van der Waals surface area contributed by atoms with Gasteiger partial charge in [0.1, 0.15) is 0 Å². The SMILES string of the molecule is O=C(Nc1ccc(-n2ncc3ccccc32)cc1)N1CC(F)(F)C1. The molecule has 2 heterocycles. The second-order valence-corrected chi connectivity index (χ2v) is 5.80. The number of carbonyl (C=O) groups excluding carboxylic acids is 1. The Hall–Kier alpha value is -2.96. The van der Waals surface area contributed by atoms with E-state index >= 15 is 0 Å². The Balaban J connectivity index is 1.50. The fourth-order valence-corrected chi connectivity index (χ4v) is 2.72. The van der Waals surface area contributed by atoms with Crippen molar-refractivity contribution in [1.29, 1.82) is 0 Å². The summed E-state index contributed by atoms with van der Waals surface area (Å²) in [6, 6.07) is 14.4. The summed E-state index contributed by atoms with van der Waals surface area (Å²) in [5.74, 6) is -2.76. The molecule has 122 valence electrons. The molecule has 3 aromatic rings. The van der Waals surface area contributed by atoms with Crippen LogP contribution in [0.4, 0.5) is 19.3 Å². The molecule has 1 aromatic heterocycles. The number of fused-ring (bicyclic) bond motifs is 1. The van der Waals surface area contributed by atoms with E-state index in [0.29, 0.717) is 5.69 Å². The van der Waals surface area contributed by atoms with Crippen LogP contribution >= 0.6 is 0 Å². The van der Waals surface area contributed by atoms with Gasteiger partial charge in [-0.2, -0.15) is 5.10 Å². The van der Waals surface area contributed by atoms with E-state index in [0.717, 1.165) is 21.5 Å². The molecule has 0 unspecified atom stereocenters. The van der Waals surface area contributed by atoms with Crippen molar-refractivity contribution in [2.24, 2.45) is 0 Å². The Morgan fingerprint density at radius 1 is 1.08 bits per heavy atom. The van der Waals surface area contributed by atoms with Crippen LogP contribution in [0.15, 0.2) is 54.7 Å². The number of hydrogen-bond donors (Lipinski definition) is 1. The van der Waals surface area contributed by atoms with Crippen molar-refractivity contribution in [3.8, 4) is 5.69 Å². The molecule has 0 radical (unpaired) electrons. The van der Waals surface area contributed by atoms with Gasteiger partial charge in [-0.3, -0.25) is 0 Å². The number of amides is 2. The summed E-state index contributed by atoms with van der Waals surface area (Å²) in [5, 5.41) is 8.01. The molecule has 5 nitrogen and oxygen atoms in total. The van der Waals surface area contributed by atoms with Crippen LogP contribution in [0.5, 0.6) is 0 Å². The molecule has 24 heavy (non-hydrogen) atoms. The van der Waals surface area contributed by atoms with Crippen molar-refractivity contribution < 1.29 is 13.6 Å². The van der Waals surface area contributed by atoms with Crippen LogP contribution in [-0.2, 0) is 0 Å². The minimum atomic E-state index is -2.76. The summed E-state index contributed by atoms with van der Waals surface area (Å²) in [5.41, 5.74) is 2.39. The van der Waals surface area contributed by atoms with Crippen molar-refractivity contribution >= 4 is 22.6 Å². The Kier molecular flexibility index (Phi) is 3.23. The number of para-hydroxylation sites is 1. The maximum absolute atomic E-state index is 12.8. The number of hydrogen-bond acceptors (Lipinski definition) is 2. The average molecular weight is 328 g/mol. The zero-order chi connectivity index (χ0) is 16.7. The molecule has 4 rings (SSSR count). The van der Waals surface area contributed by atoms with Gasteiger partial charge in [-0.15, -0.1) is 0 Å². The molecule has 1 N–H and O–H groups in total. The van der Waals surface area contributed by atoms with E-state index in [2.05, 4.69) is 10.4 Å². The molecule has 1 saturated heterocycles. The number of benzene rings is 2. The number of rotatable bonds is 2. The standard InChI is InChI=1S/C17H14F2N4O/c18-17(19)10-22(11-17)16(24)21-13-5-7-14(8-6-13)23-15-4-2-1-3-12(15)9-20-23/h1-9H,10-11H2,(H,21,24).